The second kappa shape index (κ2) is 7.20. The minimum atomic E-state index is -0.0689. The number of carbonyl (C=O) groups excluding carboxylic acids is 2. The number of nitrogens with one attached hydrogen (secondary N) is 2. The first kappa shape index (κ1) is 18.2. The summed E-state index contributed by atoms with van der Waals surface area (Å²) in [5, 5.41) is 6.06. The van der Waals surface area contributed by atoms with Crippen LogP contribution in [-0.4, -0.2) is 18.4 Å². The second-order valence-corrected chi connectivity index (χ2v) is 10.1. The van der Waals surface area contributed by atoms with Crippen molar-refractivity contribution < 1.29 is 9.59 Å². The van der Waals surface area contributed by atoms with E-state index < -0.39 is 0 Å². The van der Waals surface area contributed by atoms with Crippen molar-refractivity contribution in [3.63, 3.8) is 0 Å². The lowest BCUT2D eigenvalue weighted by molar-refractivity contribution is -0.132. The maximum atomic E-state index is 12.6. The third kappa shape index (κ3) is 3.58. The minimum Gasteiger partial charge on any atom is -0.348 e. The highest BCUT2D eigenvalue weighted by Crippen LogP contribution is 2.61. The van der Waals surface area contributed by atoms with Crippen molar-refractivity contribution in [2.75, 3.05) is 6.54 Å². The molecule has 0 spiro atoms. The number of rotatable bonds is 5. The Hall–Kier alpha value is -1.84. The predicted molar refractivity (Wildman–Crippen MR) is 108 cm³/mol. The second-order valence-electron chi connectivity index (χ2n) is 10.1. The summed E-state index contributed by atoms with van der Waals surface area (Å²) in [5.41, 5.74) is 2.81. The van der Waals surface area contributed by atoms with E-state index in [1.165, 1.54) is 49.7 Å². The van der Waals surface area contributed by atoms with Crippen LogP contribution in [0.15, 0.2) is 24.3 Å². The maximum absolute atomic E-state index is 12.6. The number of carbonyl (C=O) groups is 2. The largest absolute Gasteiger partial charge is 0.348 e. The SMILES string of the molecule is O=C(CC12CC3CC(CC(C3)C1)C2)NCC(=O)N[C@H]1CCCc2ccccc21. The van der Waals surface area contributed by atoms with Crippen LogP contribution in [0.5, 0.6) is 0 Å². The molecule has 4 saturated carbocycles. The van der Waals surface area contributed by atoms with Crippen LogP contribution in [0.2, 0.25) is 0 Å². The Morgan fingerprint density at radius 3 is 2.36 bits per heavy atom. The van der Waals surface area contributed by atoms with E-state index in [4.69, 9.17) is 0 Å². The zero-order valence-corrected chi connectivity index (χ0v) is 16.7. The van der Waals surface area contributed by atoms with Crippen molar-refractivity contribution in [1.82, 2.24) is 10.6 Å². The van der Waals surface area contributed by atoms with E-state index >= 15 is 0 Å². The number of benzene rings is 1. The summed E-state index contributed by atoms with van der Waals surface area (Å²) < 4.78 is 0. The molecule has 0 aromatic heterocycles. The number of amides is 2. The monoisotopic (exact) mass is 380 g/mol. The Bertz CT molecular complexity index is 736. The zero-order chi connectivity index (χ0) is 19.1. The molecule has 4 fully saturated rings. The first-order chi connectivity index (χ1) is 13.6. The summed E-state index contributed by atoms with van der Waals surface area (Å²) in [4.78, 5) is 25.1. The molecule has 28 heavy (non-hydrogen) atoms. The van der Waals surface area contributed by atoms with Crippen molar-refractivity contribution in [3.8, 4) is 0 Å². The van der Waals surface area contributed by atoms with E-state index in [-0.39, 0.29) is 29.8 Å². The molecule has 4 heteroatoms. The average Bonchev–Trinajstić information content (AvgIpc) is 2.65. The van der Waals surface area contributed by atoms with Crippen molar-refractivity contribution in [1.29, 1.82) is 0 Å². The summed E-state index contributed by atoms with van der Waals surface area (Å²) >= 11 is 0. The molecule has 4 nitrogen and oxygen atoms in total. The Morgan fingerprint density at radius 2 is 1.64 bits per heavy atom. The third-order valence-corrected chi connectivity index (χ3v) is 7.85. The van der Waals surface area contributed by atoms with Gasteiger partial charge < -0.3 is 10.6 Å². The lowest BCUT2D eigenvalue weighted by Crippen LogP contribution is -2.48. The van der Waals surface area contributed by atoms with Gasteiger partial charge in [0.25, 0.3) is 0 Å². The molecular weight excluding hydrogens is 348 g/mol. The molecule has 2 amide bonds. The van der Waals surface area contributed by atoms with Crippen molar-refractivity contribution in [3.05, 3.63) is 35.4 Å². The van der Waals surface area contributed by atoms with Crippen LogP contribution in [-0.2, 0) is 16.0 Å². The molecule has 0 heterocycles. The molecule has 1 aromatic carbocycles. The van der Waals surface area contributed by atoms with Crippen molar-refractivity contribution >= 4 is 11.8 Å². The fourth-order valence-electron chi connectivity index (χ4n) is 7.24. The summed E-state index contributed by atoms with van der Waals surface area (Å²) in [5.74, 6) is 2.57. The highest BCUT2D eigenvalue weighted by Gasteiger charge is 2.51. The predicted octanol–water partition coefficient (Wildman–Crippen LogP) is 3.90. The Morgan fingerprint density at radius 1 is 0.964 bits per heavy atom. The van der Waals surface area contributed by atoms with Crippen LogP contribution in [0, 0.1) is 23.2 Å². The van der Waals surface area contributed by atoms with Crippen LogP contribution in [0.4, 0.5) is 0 Å². The van der Waals surface area contributed by atoms with Crippen LogP contribution in [0.1, 0.15) is 75.0 Å². The molecule has 2 N–H and O–H groups in total. The number of hydrogen-bond donors (Lipinski definition) is 2. The lowest BCUT2D eigenvalue weighted by Gasteiger charge is -2.56. The van der Waals surface area contributed by atoms with Crippen LogP contribution in [0.25, 0.3) is 0 Å². The zero-order valence-electron chi connectivity index (χ0n) is 16.7. The summed E-state index contributed by atoms with van der Waals surface area (Å²) in [6.45, 7) is 0.101. The van der Waals surface area contributed by atoms with Crippen LogP contribution >= 0.6 is 0 Å². The molecule has 0 saturated heterocycles. The van der Waals surface area contributed by atoms with Gasteiger partial charge in [0.15, 0.2) is 0 Å². The van der Waals surface area contributed by atoms with Gasteiger partial charge in [0.2, 0.25) is 11.8 Å². The molecule has 5 aliphatic carbocycles. The summed E-state index contributed by atoms with van der Waals surface area (Å²) in [6, 6.07) is 8.45. The number of aryl methyl sites for hydroxylation is 1. The highest BCUT2D eigenvalue weighted by atomic mass is 16.2. The van der Waals surface area contributed by atoms with Gasteiger partial charge in [0.05, 0.1) is 12.6 Å². The topological polar surface area (TPSA) is 58.2 Å². The van der Waals surface area contributed by atoms with Gasteiger partial charge in [-0.3, -0.25) is 9.59 Å². The molecule has 5 aliphatic rings. The van der Waals surface area contributed by atoms with E-state index in [1.54, 1.807) is 0 Å². The van der Waals surface area contributed by atoms with Gasteiger partial charge >= 0.3 is 0 Å². The highest BCUT2D eigenvalue weighted by molar-refractivity contribution is 5.85. The van der Waals surface area contributed by atoms with Gasteiger partial charge in [-0.2, -0.15) is 0 Å². The molecule has 4 bridgehead atoms. The van der Waals surface area contributed by atoms with Gasteiger partial charge in [0.1, 0.15) is 0 Å². The van der Waals surface area contributed by atoms with E-state index in [2.05, 4.69) is 28.8 Å². The number of fused-ring (bicyclic) bond motifs is 1. The molecule has 1 atom stereocenters. The van der Waals surface area contributed by atoms with Gasteiger partial charge in [0, 0.05) is 6.42 Å². The van der Waals surface area contributed by atoms with Gasteiger partial charge in [-0.15, -0.1) is 0 Å². The van der Waals surface area contributed by atoms with Crippen LogP contribution < -0.4 is 10.6 Å². The smallest absolute Gasteiger partial charge is 0.239 e. The molecule has 0 aliphatic heterocycles. The Balaban J connectivity index is 1.13. The van der Waals surface area contributed by atoms with Gasteiger partial charge in [-0.25, -0.2) is 0 Å². The molecular formula is C24H32N2O2. The third-order valence-electron chi connectivity index (χ3n) is 7.85. The average molecular weight is 381 g/mol. The van der Waals surface area contributed by atoms with Crippen molar-refractivity contribution in [2.45, 2.75) is 70.3 Å². The summed E-state index contributed by atoms with van der Waals surface area (Å²) in [6.07, 6.45) is 11.7. The van der Waals surface area contributed by atoms with Gasteiger partial charge in [-0.05, 0) is 92.1 Å². The van der Waals surface area contributed by atoms with E-state index in [0.29, 0.717) is 6.42 Å². The first-order valence-electron chi connectivity index (χ1n) is 11.2. The van der Waals surface area contributed by atoms with E-state index in [1.807, 2.05) is 6.07 Å². The molecule has 6 rings (SSSR count). The quantitative estimate of drug-likeness (QED) is 0.814. The van der Waals surface area contributed by atoms with Gasteiger partial charge in [-0.1, -0.05) is 24.3 Å². The fraction of sp³-hybridized carbons (Fsp3) is 0.667. The summed E-state index contributed by atoms with van der Waals surface area (Å²) in [7, 11) is 0. The fourth-order valence-corrected chi connectivity index (χ4v) is 7.24. The van der Waals surface area contributed by atoms with Crippen LogP contribution in [0.3, 0.4) is 0 Å². The van der Waals surface area contributed by atoms with E-state index in [9.17, 15) is 9.59 Å². The first-order valence-corrected chi connectivity index (χ1v) is 11.2. The molecule has 0 unspecified atom stereocenters. The van der Waals surface area contributed by atoms with E-state index in [0.717, 1.165) is 37.0 Å². The maximum Gasteiger partial charge on any atom is 0.239 e. The molecule has 1 aromatic rings. The lowest BCUT2D eigenvalue weighted by atomic mass is 9.49. The Kier molecular flexibility index (Phi) is 4.68. The molecule has 150 valence electrons. The van der Waals surface area contributed by atoms with Crippen molar-refractivity contribution in [2.24, 2.45) is 23.2 Å². The standard InChI is InChI=1S/C24H32N2O2/c27-22(14-24-11-16-8-17(12-24)10-18(9-16)13-24)25-15-23(28)26-21-7-3-5-19-4-1-2-6-20(19)21/h1-2,4,6,16-18,21H,3,5,7-15H2,(H,25,27)(H,26,28)/t16?,17?,18?,21-,24?/m0/s1. The normalized spacial score (nSPS) is 35.3. The molecule has 0 radical (unpaired) electrons. The Labute approximate surface area is 167 Å². The minimum absolute atomic E-state index is 0.0689. The number of hydrogen-bond acceptors (Lipinski definition) is 2.